The lowest BCUT2D eigenvalue weighted by Crippen LogP contribution is -2.40. The van der Waals surface area contributed by atoms with Crippen molar-refractivity contribution in [1.82, 2.24) is 9.80 Å². The fourth-order valence-corrected chi connectivity index (χ4v) is 5.74. The molecule has 0 radical (unpaired) electrons. The quantitative estimate of drug-likeness (QED) is 0.231. The van der Waals surface area contributed by atoms with Crippen molar-refractivity contribution in [3.8, 4) is 11.1 Å². The molecule has 3 amide bonds. The van der Waals surface area contributed by atoms with Crippen molar-refractivity contribution in [2.24, 2.45) is 5.92 Å². The summed E-state index contributed by atoms with van der Waals surface area (Å²) in [5.74, 6) is -2.49. The topological polar surface area (TPSA) is 66.9 Å². The van der Waals surface area contributed by atoms with E-state index in [9.17, 15) is 40.7 Å². The van der Waals surface area contributed by atoms with Crippen molar-refractivity contribution in [3.05, 3.63) is 94.5 Å². The van der Waals surface area contributed by atoms with Gasteiger partial charge in [-0.3, -0.25) is 9.59 Å². The van der Waals surface area contributed by atoms with Crippen LogP contribution in [-0.2, 0) is 33.2 Å². The second-order valence-corrected chi connectivity index (χ2v) is 11.7. The molecule has 1 saturated carbocycles. The number of carbonyl (C=O) groups excluding carboxylic acids is 3. The fourth-order valence-electron chi connectivity index (χ4n) is 5.74. The molecule has 12 heteroatoms. The summed E-state index contributed by atoms with van der Waals surface area (Å²) >= 11 is 0. The third-order valence-electron chi connectivity index (χ3n) is 8.51. The molecule has 2 aliphatic rings. The summed E-state index contributed by atoms with van der Waals surface area (Å²) in [5.41, 5.74) is -1.59. The molecule has 1 saturated heterocycles. The van der Waals surface area contributed by atoms with Crippen LogP contribution in [0.2, 0.25) is 0 Å². The lowest BCUT2D eigenvalue weighted by atomic mass is 9.90. The van der Waals surface area contributed by atoms with Crippen LogP contribution in [0.15, 0.2) is 66.7 Å². The highest BCUT2D eigenvalue weighted by molar-refractivity contribution is 5.97. The van der Waals surface area contributed by atoms with Gasteiger partial charge in [-0.15, -0.1) is 0 Å². The molecular weight excluding hydrogens is 614 g/mol. The Morgan fingerprint density at radius 2 is 1.59 bits per heavy atom. The van der Waals surface area contributed by atoms with Gasteiger partial charge in [0.05, 0.1) is 23.1 Å². The van der Waals surface area contributed by atoms with Gasteiger partial charge < -0.3 is 9.64 Å². The number of alkyl halides is 6. The number of rotatable bonds is 8. The summed E-state index contributed by atoms with van der Waals surface area (Å²) in [5, 5.41) is 0. The standard InChI is InChI=1S/C34H32F6N2O4/c1-4-41(31(44)22-10-11-22)18-25-17-26(33(35,36)37)12-13-28(25)24-14-23(15-27(16-24)34(38,39)40)19(2)30(43)42-20(3)29(46-32(42)45)21-8-6-5-7-9-21/h5-9,12-17,19-20,22,29H,4,10-11,18H2,1-3H3/t19-,20+,29+/m0/s1. The average molecular weight is 647 g/mol. The number of imide groups is 1. The number of nitrogens with zero attached hydrogens (tertiary/aromatic N) is 2. The van der Waals surface area contributed by atoms with E-state index in [-0.39, 0.29) is 47.2 Å². The summed E-state index contributed by atoms with van der Waals surface area (Å²) in [7, 11) is 0. The van der Waals surface area contributed by atoms with Gasteiger partial charge in [-0.05, 0) is 85.7 Å². The number of amides is 3. The fraction of sp³-hybridized carbons (Fsp3) is 0.382. The summed E-state index contributed by atoms with van der Waals surface area (Å²) < 4.78 is 89.3. The SMILES string of the molecule is CCN(Cc1cc(C(F)(F)F)ccc1-c1cc([C@H](C)C(=O)N2C(=O)O[C@@H](c3ccccc3)[C@H]2C)cc(C(F)(F)F)c1)C(=O)C1CC1. The molecule has 3 atom stereocenters. The molecule has 1 heterocycles. The largest absolute Gasteiger partial charge is 0.439 e. The molecule has 0 unspecified atom stereocenters. The van der Waals surface area contributed by atoms with Crippen LogP contribution in [0, 0.1) is 5.92 Å². The lowest BCUT2D eigenvalue weighted by Gasteiger charge is -2.25. The molecule has 0 spiro atoms. The number of hydrogen-bond acceptors (Lipinski definition) is 4. The first kappa shape index (κ1) is 33.0. The molecule has 0 bridgehead atoms. The number of hydrogen-bond donors (Lipinski definition) is 0. The normalized spacial score (nSPS) is 19.2. The predicted molar refractivity (Wildman–Crippen MR) is 156 cm³/mol. The molecule has 3 aromatic carbocycles. The van der Waals surface area contributed by atoms with Gasteiger partial charge in [-0.2, -0.15) is 26.3 Å². The first-order chi connectivity index (χ1) is 21.6. The van der Waals surface area contributed by atoms with Crippen LogP contribution < -0.4 is 0 Å². The molecule has 244 valence electrons. The van der Waals surface area contributed by atoms with Crippen molar-refractivity contribution in [2.45, 2.75) is 70.6 Å². The van der Waals surface area contributed by atoms with Gasteiger partial charge in [-0.1, -0.05) is 42.5 Å². The Hall–Kier alpha value is -4.35. The Kier molecular flexibility index (Phi) is 8.94. The maximum atomic E-state index is 14.2. The van der Waals surface area contributed by atoms with Crippen LogP contribution >= 0.6 is 0 Å². The molecule has 0 N–H and O–H groups in total. The Morgan fingerprint density at radius 3 is 2.17 bits per heavy atom. The van der Waals surface area contributed by atoms with Crippen molar-refractivity contribution < 1.29 is 45.5 Å². The highest BCUT2D eigenvalue weighted by atomic mass is 19.4. The van der Waals surface area contributed by atoms with Crippen LogP contribution in [0.1, 0.15) is 73.5 Å². The second-order valence-electron chi connectivity index (χ2n) is 11.7. The number of carbonyl (C=O) groups is 3. The Bertz CT molecular complexity index is 1630. The Balaban J connectivity index is 1.55. The van der Waals surface area contributed by atoms with Crippen LogP contribution in [0.3, 0.4) is 0 Å². The minimum atomic E-state index is -4.87. The number of ether oxygens (including phenoxy) is 1. The first-order valence-electron chi connectivity index (χ1n) is 14.9. The summed E-state index contributed by atoms with van der Waals surface area (Å²) in [6, 6.07) is 13.6. The Labute approximate surface area is 261 Å². The van der Waals surface area contributed by atoms with Crippen molar-refractivity contribution in [1.29, 1.82) is 0 Å². The second kappa shape index (κ2) is 12.4. The monoisotopic (exact) mass is 646 g/mol. The van der Waals surface area contributed by atoms with Gasteiger partial charge in [0.25, 0.3) is 0 Å². The maximum Gasteiger partial charge on any atom is 0.417 e. The molecule has 0 aromatic heterocycles. The molecular formula is C34H32F6N2O4. The van der Waals surface area contributed by atoms with Crippen LogP contribution in [0.5, 0.6) is 0 Å². The van der Waals surface area contributed by atoms with Gasteiger partial charge >= 0.3 is 18.4 Å². The van der Waals surface area contributed by atoms with E-state index in [1.165, 1.54) is 17.9 Å². The van der Waals surface area contributed by atoms with Crippen LogP contribution in [-0.4, -0.2) is 40.3 Å². The Morgan fingerprint density at radius 1 is 0.935 bits per heavy atom. The molecule has 5 rings (SSSR count). The van der Waals surface area contributed by atoms with Crippen molar-refractivity contribution in [3.63, 3.8) is 0 Å². The van der Waals surface area contributed by atoms with Crippen molar-refractivity contribution in [2.75, 3.05) is 6.54 Å². The molecule has 1 aliphatic carbocycles. The minimum Gasteiger partial charge on any atom is -0.439 e. The minimum absolute atomic E-state index is 0.0115. The van der Waals surface area contributed by atoms with E-state index in [0.29, 0.717) is 18.4 Å². The summed E-state index contributed by atoms with van der Waals surface area (Å²) in [4.78, 5) is 41.6. The number of halogens is 6. The van der Waals surface area contributed by atoms with Gasteiger partial charge in [0.2, 0.25) is 11.8 Å². The van der Waals surface area contributed by atoms with Gasteiger partial charge in [0.15, 0.2) is 0 Å². The van der Waals surface area contributed by atoms with E-state index in [0.717, 1.165) is 35.2 Å². The van der Waals surface area contributed by atoms with Crippen LogP contribution in [0.4, 0.5) is 31.1 Å². The predicted octanol–water partition coefficient (Wildman–Crippen LogP) is 8.36. The van der Waals surface area contributed by atoms with E-state index < -0.39 is 53.5 Å². The molecule has 46 heavy (non-hydrogen) atoms. The summed E-state index contributed by atoms with van der Waals surface area (Å²) in [6.45, 7) is 4.58. The smallest absolute Gasteiger partial charge is 0.417 e. The van der Waals surface area contributed by atoms with Crippen LogP contribution in [0.25, 0.3) is 11.1 Å². The molecule has 6 nitrogen and oxygen atoms in total. The van der Waals surface area contributed by atoms with E-state index in [4.69, 9.17) is 4.74 Å². The van der Waals surface area contributed by atoms with Gasteiger partial charge in [-0.25, -0.2) is 9.69 Å². The molecule has 2 fully saturated rings. The highest BCUT2D eigenvalue weighted by Gasteiger charge is 2.45. The lowest BCUT2D eigenvalue weighted by molar-refractivity contribution is -0.138. The van der Waals surface area contributed by atoms with Gasteiger partial charge in [0.1, 0.15) is 6.10 Å². The maximum absolute atomic E-state index is 14.2. The number of cyclic esters (lactones) is 1. The third kappa shape index (κ3) is 6.75. The zero-order chi connectivity index (χ0) is 33.6. The van der Waals surface area contributed by atoms with E-state index in [2.05, 4.69) is 0 Å². The number of benzene rings is 3. The highest BCUT2D eigenvalue weighted by Crippen LogP contribution is 2.41. The van der Waals surface area contributed by atoms with E-state index in [1.54, 1.807) is 44.2 Å². The molecule has 1 aliphatic heterocycles. The summed E-state index contributed by atoms with van der Waals surface area (Å²) in [6.07, 6.45) is -9.98. The molecule has 3 aromatic rings. The zero-order valence-corrected chi connectivity index (χ0v) is 25.3. The third-order valence-corrected chi connectivity index (χ3v) is 8.51. The average Bonchev–Trinajstić information content (AvgIpc) is 3.82. The van der Waals surface area contributed by atoms with Gasteiger partial charge in [0, 0.05) is 19.0 Å². The van der Waals surface area contributed by atoms with E-state index in [1.807, 2.05) is 0 Å². The van der Waals surface area contributed by atoms with Crippen molar-refractivity contribution >= 4 is 17.9 Å². The first-order valence-corrected chi connectivity index (χ1v) is 14.9. The van der Waals surface area contributed by atoms with E-state index >= 15 is 0 Å². The zero-order valence-electron chi connectivity index (χ0n) is 25.3.